The van der Waals surface area contributed by atoms with Crippen molar-refractivity contribution in [1.82, 2.24) is 0 Å². The maximum atomic E-state index is 6.19. The molecule has 2 rings (SSSR count). The molecule has 2 aromatic rings. The predicted octanol–water partition coefficient (Wildman–Crippen LogP) is 7.73. The molecular formula is C28H43NO2. The zero-order chi connectivity index (χ0) is 22.9. The highest BCUT2D eigenvalue weighted by Crippen LogP contribution is 2.35. The van der Waals surface area contributed by atoms with Crippen molar-refractivity contribution in [3.05, 3.63) is 53.6 Å². The van der Waals surface area contributed by atoms with Gasteiger partial charge in [0.15, 0.2) is 0 Å². The van der Waals surface area contributed by atoms with E-state index in [0.29, 0.717) is 6.61 Å². The Bertz CT molecular complexity index is 799. The third-order valence-electron chi connectivity index (χ3n) is 5.44. The first kappa shape index (κ1) is 25.1. The molecule has 0 heterocycles. The summed E-state index contributed by atoms with van der Waals surface area (Å²) in [5, 5.41) is 3.45. The van der Waals surface area contributed by atoms with Gasteiger partial charge in [0, 0.05) is 18.3 Å². The minimum absolute atomic E-state index is 0.0345. The van der Waals surface area contributed by atoms with Gasteiger partial charge in [0.2, 0.25) is 0 Å². The monoisotopic (exact) mass is 425 g/mol. The number of hydrogen-bond acceptors (Lipinski definition) is 3. The second kappa shape index (κ2) is 11.5. The standard InChI is InChI=1S/C28H43NO2/c1-8-9-10-11-18-30-24-14-12-13-23(21-24)29-17-19-31-26-16-15-22(27(2,3)4)20-25(26)28(5,6)7/h12-16,20-21,29H,8-11,17-19H2,1-7H3. The number of unbranched alkanes of at least 4 members (excludes halogenated alkanes) is 3. The van der Waals surface area contributed by atoms with Crippen molar-refractivity contribution < 1.29 is 9.47 Å². The molecule has 0 aliphatic rings. The lowest BCUT2D eigenvalue weighted by Gasteiger charge is -2.27. The predicted molar refractivity (Wildman–Crippen MR) is 134 cm³/mol. The second-order valence-electron chi connectivity index (χ2n) is 10.4. The van der Waals surface area contributed by atoms with Crippen LogP contribution >= 0.6 is 0 Å². The third kappa shape index (κ3) is 8.47. The Morgan fingerprint density at radius 2 is 1.55 bits per heavy atom. The van der Waals surface area contributed by atoms with E-state index in [4.69, 9.17) is 9.47 Å². The van der Waals surface area contributed by atoms with E-state index < -0.39 is 0 Å². The van der Waals surface area contributed by atoms with Gasteiger partial charge in [-0.2, -0.15) is 0 Å². The highest BCUT2D eigenvalue weighted by Gasteiger charge is 2.23. The lowest BCUT2D eigenvalue weighted by molar-refractivity contribution is 0.305. The van der Waals surface area contributed by atoms with Crippen LogP contribution in [0.1, 0.15) is 85.3 Å². The summed E-state index contributed by atoms with van der Waals surface area (Å²) in [6.07, 6.45) is 4.88. The molecule has 0 saturated heterocycles. The summed E-state index contributed by atoms with van der Waals surface area (Å²) in [7, 11) is 0. The molecule has 0 saturated carbocycles. The van der Waals surface area contributed by atoms with E-state index in [0.717, 1.165) is 36.8 Å². The molecule has 0 spiro atoms. The number of benzene rings is 2. The minimum atomic E-state index is 0.0345. The van der Waals surface area contributed by atoms with E-state index >= 15 is 0 Å². The molecular weight excluding hydrogens is 382 g/mol. The summed E-state index contributed by atoms with van der Waals surface area (Å²) < 4.78 is 12.1. The zero-order valence-corrected chi connectivity index (χ0v) is 20.8. The third-order valence-corrected chi connectivity index (χ3v) is 5.44. The lowest BCUT2D eigenvalue weighted by atomic mass is 9.80. The van der Waals surface area contributed by atoms with Crippen LogP contribution in [0, 0.1) is 0 Å². The molecule has 0 bridgehead atoms. The summed E-state index contributed by atoms with van der Waals surface area (Å²) >= 11 is 0. The average molecular weight is 426 g/mol. The molecule has 3 heteroatoms. The Morgan fingerprint density at radius 1 is 0.774 bits per heavy atom. The van der Waals surface area contributed by atoms with E-state index in [9.17, 15) is 0 Å². The van der Waals surface area contributed by atoms with Crippen LogP contribution in [0.2, 0.25) is 0 Å². The summed E-state index contributed by atoms with van der Waals surface area (Å²) in [6, 6.07) is 14.8. The van der Waals surface area contributed by atoms with Crippen molar-refractivity contribution in [3.63, 3.8) is 0 Å². The van der Waals surface area contributed by atoms with E-state index in [1.54, 1.807) is 0 Å². The van der Waals surface area contributed by atoms with Crippen molar-refractivity contribution in [1.29, 1.82) is 0 Å². The highest BCUT2D eigenvalue weighted by molar-refractivity contribution is 5.48. The van der Waals surface area contributed by atoms with Crippen molar-refractivity contribution in [3.8, 4) is 11.5 Å². The van der Waals surface area contributed by atoms with Crippen LogP contribution in [0.25, 0.3) is 0 Å². The molecule has 172 valence electrons. The van der Waals surface area contributed by atoms with E-state index in [-0.39, 0.29) is 10.8 Å². The van der Waals surface area contributed by atoms with E-state index in [1.165, 1.54) is 30.4 Å². The molecule has 3 nitrogen and oxygen atoms in total. The van der Waals surface area contributed by atoms with Gasteiger partial charge in [-0.1, -0.05) is 85.9 Å². The van der Waals surface area contributed by atoms with E-state index in [2.05, 4.69) is 84.1 Å². The second-order valence-corrected chi connectivity index (χ2v) is 10.4. The van der Waals surface area contributed by atoms with Gasteiger partial charge in [0.25, 0.3) is 0 Å². The molecule has 0 radical (unpaired) electrons. The Morgan fingerprint density at radius 3 is 2.23 bits per heavy atom. The van der Waals surface area contributed by atoms with Crippen LogP contribution in [0.15, 0.2) is 42.5 Å². The van der Waals surface area contributed by atoms with Gasteiger partial charge in [-0.05, 0) is 46.6 Å². The van der Waals surface area contributed by atoms with Crippen molar-refractivity contribution in [2.75, 3.05) is 25.1 Å². The van der Waals surface area contributed by atoms with Gasteiger partial charge in [-0.3, -0.25) is 0 Å². The molecule has 0 aliphatic carbocycles. The first-order valence-electron chi connectivity index (χ1n) is 11.9. The van der Waals surface area contributed by atoms with Crippen molar-refractivity contribution in [2.45, 2.75) is 85.0 Å². The van der Waals surface area contributed by atoms with Gasteiger partial charge in [0.05, 0.1) is 6.61 Å². The van der Waals surface area contributed by atoms with Crippen LogP contribution in [-0.2, 0) is 10.8 Å². The smallest absolute Gasteiger partial charge is 0.123 e. The van der Waals surface area contributed by atoms with Crippen molar-refractivity contribution >= 4 is 5.69 Å². The van der Waals surface area contributed by atoms with Crippen LogP contribution in [0.4, 0.5) is 5.69 Å². The van der Waals surface area contributed by atoms with Gasteiger partial charge < -0.3 is 14.8 Å². The van der Waals surface area contributed by atoms with Gasteiger partial charge in [-0.25, -0.2) is 0 Å². The number of hydrogen-bond donors (Lipinski definition) is 1. The quantitative estimate of drug-likeness (QED) is 0.374. The molecule has 0 atom stereocenters. The zero-order valence-electron chi connectivity index (χ0n) is 20.8. The largest absolute Gasteiger partial charge is 0.494 e. The maximum Gasteiger partial charge on any atom is 0.123 e. The molecule has 0 amide bonds. The Hall–Kier alpha value is -2.16. The first-order valence-corrected chi connectivity index (χ1v) is 11.9. The number of anilines is 1. The van der Waals surface area contributed by atoms with Crippen LogP contribution in [0.5, 0.6) is 11.5 Å². The molecule has 0 aliphatic heterocycles. The summed E-state index contributed by atoms with van der Waals surface area (Å²) in [5.74, 6) is 1.90. The Labute approximate surface area is 190 Å². The van der Waals surface area contributed by atoms with Crippen LogP contribution < -0.4 is 14.8 Å². The number of nitrogens with one attached hydrogen (secondary N) is 1. The van der Waals surface area contributed by atoms with Gasteiger partial charge in [0.1, 0.15) is 18.1 Å². The SMILES string of the molecule is CCCCCCOc1cccc(NCCOc2ccc(C(C)(C)C)cc2C(C)(C)C)c1. The lowest BCUT2D eigenvalue weighted by Crippen LogP contribution is -2.19. The van der Waals surface area contributed by atoms with Crippen LogP contribution in [0.3, 0.4) is 0 Å². The summed E-state index contributed by atoms with van der Waals surface area (Å²) in [6.45, 7) is 17.9. The number of rotatable bonds is 11. The van der Waals surface area contributed by atoms with Gasteiger partial charge in [-0.15, -0.1) is 0 Å². The van der Waals surface area contributed by atoms with E-state index in [1.807, 2.05) is 12.1 Å². The average Bonchev–Trinajstić information content (AvgIpc) is 2.70. The fourth-order valence-corrected chi connectivity index (χ4v) is 3.48. The molecule has 0 unspecified atom stereocenters. The topological polar surface area (TPSA) is 30.5 Å². The molecule has 2 aromatic carbocycles. The molecule has 1 N–H and O–H groups in total. The molecule has 0 fully saturated rings. The highest BCUT2D eigenvalue weighted by atomic mass is 16.5. The summed E-state index contributed by atoms with van der Waals surface area (Å²) in [5.41, 5.74) is 3.83. The van der Waals surface area contributed by atoms with Gasteiger partial charge >= 0.3 is 0 Å². The normalized spacial score (nSPS) is 12.0. The summed E-state index contributed by atoms with van der Waals surface area (Å²) in [4.78, 5) is 0. The van der Waals surface area contributed by atoms with Crippen molar-refractivity contribution in [2.24, 2.45) is 0 Å². The first-order chi connectivity index (χ1) is 14.6. The maximum absolute atomic E-state index is 6.19. The molecule has 0 aromatic heterocycles. The fraction of sp³-hybridized carbons (Fsp3) is 0.571. The number of ether oxygens (including phenoxy) is 2. The Kier molecular flexibility index (Phi) is 9.28. The minimum Gasteiger partial charge on any atom is -0.494 e. The van der Waals surface area contributed by atoms with Crippen LogP contribution in [-0.4, -0.2) is 19.8 Å². The molecule has 31 heavy (non-hydrogen) atoms. The Balaban J connectivity index is 1.89. The fourth-order valence-electron chi connectivity index (χ4n) is 3.48.